The summed E-state index contributed by atoms with van der Waals surface area (Å²) in [6.45, 7) is 1.88. The van der Waals surface area contributed by atoms with Crippen molar-refractivity contribution >= 4 is 17.4 Å². The molecule has 0 aromatic carbocycles. The van der Waals surface area contributed by atoms with Crippen LogP contribution in [0.2, 0.25) is 5.28 Å². The maximum absolute atomic E-state index is 12.5. The lowest BCUT2D eigenvalue weighted by atomic mass is 10.3. The van der Waals surface area contributed by atoms with Gasteiger partial charge in [0.1, 0.15) is 17.3 Å². The highest BCUT2D eigenvalue weighted by atomic mass is 35.5. The van der Waals surface area contributed by atoms with E-state index in [1.54, 1.807) is 13.0 Å². The molecule has 5 nitrogen and oxygen atoms in total. The number of hydrogen-bond donors (Lipinski definition) is 1. The van der Waals surface area contributed by atoms with E-state index in [0.29, 0.717) is 11.5 Å². The van der Waals surface area contributed by atoms with Crippen molar-refractivity contribution in [1.82, 2.24) is 15.1 Å². The second-order valence-corrected chi connectivity index (χ2v) is 4.03. The molecule has 2 aromatic rings. The van der Waals surface area contributed by atoms with Crippen molar-refractivity contribution in [2.24, 2.45) is 0 Å². The number of halogens is 4. The number of anilines is 1. The number of hydrogen-bond acceptors (Lipinski definition) is 5. The molecule has 0 aliphatic carbocycles. The van der Waals surface area contributed by atoms with E-state index in [9.17, 15) is 13.2 Å². The van der Waals surface area contributed by atoms with Gasteiger partial charge in [-0.1, -0.05) is 5.16 Å². The highest BCUT2D eigenvalue weighted by molar-refractivity contribution is 6.28. The fraction of sp³-hybridized carbons (Fsp3) is 0.300. The zero-order valence-corrected chi connectivity index (χ0v) is 10.4. The minimum Gasteiger partial charge on any atom is -0.364 e. The molecule has 0 saturated heterocycles. The summed E-state index contributed by atoms with van der Waals surface area (Å²) >= 11 is 5.45. The summed E-state index contributed by atoms with van der Waals surface area (Å²) in [5, 5.41) is 5.88. The first-order chi connectivity index (χ1) is 8.84. The maximum Gasteiger partial charge on any atom is 0.433 e. The minimum atomic E-state index is -4.58. The SMILES string of the molecule is Cc1cc(CNc2cc(C(F)(F)F)nc(Cl)n2)no1. The quantitative estimate of drug-likeness (QED) is 0.881. The van der Waals surface area contributed by atoms with Crippen LogP contribution in [-0.4, -0.2) is 15.1 Å². The van der Waals surface area contributed by atoms with Crippen LogP contribution in [0.3, 0.4) is 0 Å². The van der Waals surface area contributed by atoms with Crippen molar-refractivity contribution in [2.75, 3.05) is 5.32 Å². The van der Waals surface area contributed by atoms with E-state index in [4.69, 9.17) is 16.1 Å². The topological polar surface area (TPSA) is 63.8 Å². The fourth-order valence-electron chi connectivity index (χ4n) is 1.34. The molecule has 0 radical (unpaired) electrons. The van der Waals surface area contributed by atoms with Gasteiger partial charge in [0.05, 0.1) is 6.54 Å². The molecule has 0 amide bonds. The van der Waals surface area contributed by atoms with E-state index in [0.717, 1.165) is 6.07 Å². The molecular formula is C10H8ClF3N4O. The molecule has 102 valence electrons. The lowest BCUT2D eigenvalue weighted by molar-refractivity contribution is -0.141. The summed E-state index contributed by atoms with van der Waals surface area (Å²) in [5.41, 5.74) is -0.563. The molecule has 0 atom stereocenters. The van der Waals surface area contributed by atoms with Crippen LogP contribution in [0.25, 0.3) is 0 Å². The smallest absolute Gasteiger partial charge is 0.364 e. The lowest BCUT2D eigenvalue weighted by Crippen LogP contribution is -2.11. The molecule has 1 N–H and O–H groups in total. The first kappa shape index (κ1) is 13.6. The van der Waals surface area contributed by atoms with Crippen molar-refractivity contribution in [1.29, 1.82) is 0 Å². The molecule has 0 aliphatic heterocycles. The summed E-state index contributed by atoms with van der Waals surface area (Å²) in [6.07, 6.45) is -4.58. The van der Waals surface area contributed by atoms with Gasteiger partial charge >= 0.3 is 6.18 Å². The van der Waals surface area contributed by atoms with Gasteiger partial charge < -0.3 is 9.84 Å². The van der Waals surface area contributed by atoms with Gasteiger partial charge in [-0.2, -0.15) is 13.2 Å². The van der Waals surface area contributed by atoms with Gasteiger partial charge in [0, 0.05) is 12.1 Å². The van der Waals surface area contributed by atoms with Crippen molar-refractivity contribution < 1.29 is 17.7 Å². The molecule has 2 aromatic heterocycles. The van der Waals surface area contributed by atoms with Crippen LogP contribution >= 0.6 is 11.6 Å². The third kappa shape index (κ3) is 3.57. The molecule has 19 heavy (non-hydrogen) atoms. The summed E-state index contributed by atoms with van der Waals surface area (Å²) in [4.78, 5) is 6.77. The Morgan fingerprint density at radius 1 is 1.32 bits per heavy atom. The molecule has 0 saturated carbocycles. The van der Waals surface area contributed by atoms with Crippen LogP contribution in [0, 0.1) is 6.92 Å². The Labute approximate surface area is 110 Å². The average Bonchev–Trinajstić information content (AvgIpc) is 2.71. The Morgan fingerprint density at radius 2 is 2.05 bits per heavy atom. The molecular weight excluding hydrogens is 285 g/mol. The molecule has 0 fully saturated rings. The van der Waals surface area contributed by atoms with Crippen molar-refractivity contribution in [3.63, 3.8) is 0 Å². The Bertz CT molecular complexity index is 584. The molecule has 0 aliphatic rings. The third-order valence-corrected chi connectivity index (χ3v) is 2.29. The van der Waals surface area contributed by atoms with Crippen molar-refractivity contribution in [3.8, 4) is 0 Å². The summed E-state index contributed by atoms with van der Waals surface area (Å²) < 4.78 is 42.4. The Morgan fingerprint density at radius 3 is 2.63 bits per heavy atom. The van der Waals surface area contributed by atoms with Gasteiger partial charge in [0.25, 0.3) is 0 Å². The number of alkyl halides is 3. The third-order valence-electron chi connectivity index (χ3n) is 2.12. The van der Waals surface area contributed by atoms with Gasteiger partial charge in [-0.15, -0.1) is 0 Å². The molecule has 2 heterocycles. The second kappa shape index (κ2) is 5.04. The Kier molecular flexibility index (Phi) is 3.61. The first-order valence-electron chi connectivity index (χ1n) is 5.12. The molecule has 9 heteroatoms. The highest BCUT2D eigenvalue weighted by Crippen LogP contribution is 2.29. The van der Waals surface area contributed by atoms with Crippen molar-refractivity contribution in [2.45, 2.75) is 19.6 Å². The predicted molar refractivity (Wildman–Crippen MR) is 60.6 cm³/mol. The normalized spacial score (nSPS) is 11.6. The number of aryl methyl sites for hydroxylation is 1. The standard InChI is InChI=1S/C10H8ClF3N4O/c1-5-2-6(18-19-5)4-15-8-3-7(10(12,13)14)16-9(11)17-8/h2-3H,4H2,1H3,(H,15,16,17). The molecule has 0 bridgehead atoms. The number of nitrogens with one attached hydrogen (secondary N) is 1. The van der Waals surface area contributed by atoms with E-state index in [1.165, 1.54) is 0 Å². The molecule has 0 spiro atoms. The van der Waals surface area contributed by atoms with Gasteiger partial charge in [-0.25, -0.2) is 9.97 Å². The highest BCUT2D eigenvalue weighted by Gasteiger charge is 2.33. The Balaban J connectivity index is 2.14. The van der Waals surface area contributed by atoms with E-state index < -0.39 is 17.2 Å². The van der Waals surface area contributed by atoms with Gasteiger partial charge in [0.2, 0.25) is 5.28 Å². The van der Waals surface area contributed by atoms with E-state index in [1.807, 2.05) is 0 Å². The van der Waals surface area contributed by atoms with Crippen LogP contribution in [0.1, 0.15) is 17.1 Å². The Hall–Kier alpha value is -1.83. The summed E-state index contributed by atoms with van der Waals surface area (Å²) in [5.74, 6) is 0.571. The second-order valence-electron chi connectivity index (χ2n) is 3.69. The van der Waals surface area contributed by atoms with Crippen LogP contribution in [0.4, 0.5) is 19.0 Å². The monoisotopic (exact) mass is 292 g/mol. The van der Waals surface area contributed by atoms with Crippen LogP contribution in [0.5, 0.6) is 0 Å². The zero-order chi connectivity index (χ0) is 14.0. The predicted octanol–water partition coefficient (Wildman–Crippen LogP) is 3.06. The average molecular weight is 293 g/mol. The molecule has 2 rings (SSSR count). The van der Waals surface area contributed by atoms with Crippen LogP contribution < -0.4 is 5.32 Å². The summed E-state index contributed by atoms with van der Waals surface area (Å²) in [6, 6.07) is 2.43. The van der Waals surface area contributed by atoms with Crippen molar-refractivity contribution in [3.05, 3.63) is 34.6 Å². The van der Waals surface area contributed by atoms with E-state index in [-0.39, 0.29) is 12.4 Å². The largest absolute Gasteiger partial charge is 0.433 e. The van der Waals surface area contributed by atoms with Crippen LogP contribution in [0.15, 0.2) is 16.7 Å². The summed E-state index contributed by atoms with van der Waals surface area (Å²) in [7, 11) is 0. The van der Waals surface area contributed by atoms with Gasteiger partial charge in [0.15, 0.2) is 5.69 Å². The number of aromatic nitrogens is 3. The molecule has 0 unspecified atom stereocenters. The number of nitrogens with zero attached hydrogens (tertiary/aromatic N) is 3. The minimum absolute atomic E-state index is 0.0343. The maximum atomic E-state index is 12.5. The van der Waals surface area contributed by atoms with Gasteiger partial charge in [-0.05, 0) is 18.5 Å². The number of rotatable bonds is 3. The first-order valence-corrected chi connectivity index (χ1v) is 5.50. The lowest BCUT2D eigenvalue weighted by Gasteiger charge is -2.08. The van der Waals surface area contributed by atoms with Gasteiger partial charge in [-0.3, -0.25) is 0 Å². The fourth-order valence-corrected chi connectivity index (χ4v) is 1.52. The van der Waals surface area contributed by atoms with E-state index >= 15 is 0 Å². The van der Waals surface area contributed by atoms with Crippen LogP contribution in [-0.2, 0) is 12.7 Å². The zero-order valence-electron chi connectivity index (χ0n) is 9.62. The van der Waals surface area contributed by atoms with E-state index in [2.05, 4.69) is 20.4 Å².